The number of nitrogens with zero attached hydrogens (tertiary/aromatic N) is 5. The van der Waals surface area contributed by atoms with E-state index in [1.54, 1.807) is 0 Å². The van der Waals surface area contributed by atoms with Gasteiger partial charge in [-0.3, -0.25) is 0 Å². The standard InChI is InChI=1S/C15H20BrFN8O4S/c1-24(2)30(27,28)25-7-15(18,8-25)6-19-13-12(22-29-23-13)14(21-26)20-9-3-4-11(17)10(16)5-9/h3-5,26H,6-8,18H2,1-2H3,(H,19,23)(H,20,21). The number of aromatic nitrogens is 2. The van der Waals surface area contributed by atoms with Crippen LogP contribution in [0.2, 0.25) is 0 Å². The number of amidine groups is 1. The normalized spacial score (nSPS) is 17.1. The molecule has 15 heteroatoms. The summed E-state index contributed by atoms with van der Waals surface area (Å²) in [6.07, 6.45) is 0. The molecule has 0 amide bonds. The molecule has 1 saturated heterocycles. The number of nitrogens with one attached hydrogen (secondary N) is 2. The van der Waals surface area contributed by atoms with E-state index in [4.69, 9.17) is 10.4 Å². The van der Waals surface area contributed by atoms with Gasteiger partial charge in [-0.1, -0.05) is 5.16 Å². The molecule has 0 atom stereocenters. The van der Waals surface area contributed by atoms with Gasteiger partial charge in [-0.25, -0.2) is 9.02 Å². The molecule has 2 heterocycles. The van der Waals surface area contributed by atoms with Gasteiger partial charge in [0, 0.05) is 39.4 Å². The summed E-state index contributed by atoms with van der Waals surface area (Å²) in [5.74, 6) is -0.420. The van der Waals surface area contributed by atoms with Gasteiger partial charge < -0.3 is 21.6 Å². The van der Waals surface area contributed by atoms with Gasteiger partial charge >= 0.3 is 0 Å². The van der Waals surface area contributed by atoms with Gasteiger partial charge in [-0.2, -0.15) is 17.0 Å². The van der Waals surface area contributed by atoms with Crippen molar-refractivity contribution in [2.45, 2.75) is 5.54 Å². The van der Waals surface area contributed by atoms with Crippen LogP contribution in [0.25, 0.3) is 0 Å². The average molecular weight is 507 g/mol. The molecule has 0 radical (unpaired) electrons. The number of nitrogens with two attached hydrogens (primary N) is 1. The second-order valence-corrected chi connectivity index (χ2v) is 9.93. The van der Waals surface area contributed by atoms with Crippen LogP contribution >= 0.6 is 15.9 Å². The molecule has 12 nitrogen and oxygen atoms in total. The topological polar surface area (TPSA) is 162 Å². The molecular formula is C15H20BrFN8O4S. The van der Waals surface area contributed by atoms with Gasteiger partial charge in [-0.15, -0.1) is 0 Å². The van der Waals surface area contributed by atoms with E-state index < -0.39 is 21.6 Å². The molecule has 30 heavy (non-hydrogen) atoms. The number of halogens is 2. The molecule has 164 valence electrons. The third-order valence-corrected chi connectivity index (χ3v) is 6.81. The molecule has 1 fully saturated rings. The Balaban J connectivity index is 1.66. The summed E-state index contributed by atoms with van der Waals surface area (Å²) >= 11 is 3.07. The van der Waals surface area contributed by atoms with Crippen molar-refractivity contribution in [1.29, 1.82) is 0 Å². The van der Waals surface area contributed by atoms with E-state index in [2.05, 4.69) is 42.0 Å². The van der Waals surface area contributed by atoms with Gasteiger partial charge in [0.25, 0.3) is 10.2 Å². The van der Waals surface area contributed by atoms with Crippen molar-refractivity contribution in [2.24, 2.45) is 10.9 Å². The minimum absolute atomic E-state index is 0.0543. The summed E-state index contributed by atoms with van der Waals surface area (Å²) in [6.45, 7) is 0.391. The van der Waals surface area contributed by atoms with Crippen LogP contribution in [0.15, 0.2) is 32.5 Å². The lowest BCUT2D eigenvalue weighted by Gasteiger charge is -2.47. The molecule has 0 aliphatic carbocycles. The highest BCUT2D eigenvalue weighted by Gasteiger charge is 2.46. The fraction of sp³-hybridized carbons (Fsp3) is 0.400. The van der Waals surface area contributed by atoms with Crippen LogP contribution in [0.5, 0.6) is 0 Å². The first-order valence-corrected chi connectivity index (χ1v) is 10.7. The van der Waals surface area contributed by atoms with Gasteiger partial charge in [-0.05, 0) is 44.4 Å². The number of benzene rings is 1. The van der Waals surface area contributed by atoms with Crippen LogP contribution in [-0.4, -0.2) is 77.7 Å². The van der Waals surface area contributed by atoms with E-state index in [-0.39, 0.29) is 41.5 Å². The molecule has 3 rings (SSSR count). The Bertz CT molecular complexity index is 1050. The molecule has 1 aromatic heterocycles. The molecule has 0 spiro atoms. The fourth-order valence-electron chi connectivity index (χ4n) is 2.72. The zero-order chi connectivity index (χ0) is 22.1. The minimum atomic E-state index is -3.53. The maximum Gasteiger partial charge on any atom is 0.281 e. The van der Waals surface area contributed by atoms with Crippen molar-refractivity contribution < 1.29 is 22.6 Å². The Kier molecular flexibility index (Phi) is 6.28. The molecule has 1 aliphatic rings. The van der Waals surface area contributed by atoms with Crippen LogP contribution in [0, 0.1) is 5.82 Å². The molecule has 2 aromatic rings. The Morgan fingerprint density at radius 2 is 2.17 bits per heavy atom. The predicted molar refractivity (Wildman–Crippen MR) is 110 cm³/mol. The van der Waals surface area contributed by atoms with Crippen molar-refractivity contribution in [3.63, 3.8) is 0 Å². The Morgan fingerprint density at radius 1 is 1.47 bits per heavy atom. The summed E-state index contributed by atoms with van der Waals surface area (Å²) in [5, 5.41) is 25.7. The Hall–Kier alpha value is -2.33. The predicted octanol–water partition coefficient (Wildman–Crippen LogP) is 0.451. The largest absolute Gasteiger partial charge is 0.409 e. The van der Waals surface area contributed by atoms with Crippen LogP contribution < -0.4 is 16.4 Å². The van der Waals surface area contributed by atoms with Crippen LogP contribution in [-0.2, 0) is 10.2 Å². The zero-order valence-corrected chi connectivity index (χ0v) is 18.4. The number of rotatable bonds is 7. The van der Waals surface area contributed by atoms with Gasteiger partial charge in [0.1, 0.15) is 5.82 Å². The van der Waals surface area contributed by atoms with Gasteiger partial charge in [0.15, 0.2) is 5.69 Å². The second kappa shape index (κ2) is 8.43. The molecule has 5 N–H and O–H groups in total. The lowest BCUT2D eigenvalue weighted by atomic mass is 9.94. The SMILES string of the molecule is CN(C)S(=O)(=O)N1CC(N)(CNc2nonc2/C(=N/O)Nc2ccc(F)c(Br)c2)C1. The smallest absolute Gasteiger partial charge is 0.281 e. The van der Waals surface area contributed by atoms with Crippen LogP contribution in [0.4, 0.5) is 15.9 Å². The van der Waals surface area contributed by atoms with Crippen molar-refractivity contribution in [2.75, 3.05) is 44.4 Å². The van der Waals surface area contributed by atoms with Crippen molar-refractivity contribution >= 4 is 43.5 Å². The van der Waals surface area contributed by atoms with E-state index >= 15 is 0 Å². The average Bonchev–Trinajstić information content (AvgIpc) is 3.13. The third kappa shape index (κ3) is 4.54. The number of hydrogen-bond acceptors (Lipinski definition) is 9. The first-order chi connectivity index (χ1) is 14.1. The summed E-state index contributed by atoms with van der Waals surface area (Å²) < 4.78 is 44.9. The van der Waals surface area contributed by atoms with Crippen LogP contribution in [0.3, 0.4) is 0 Å². The summed E-state index contributed by atoms with van der Waals surface area (Å²) in [7, 11) is -0.642. The quantitative estimate of drug-likeness (QED) is 0.180. The first kappa shape index (κ1) is 22.4. The van der Waals surface area contributed by atoms with Crippen LogP contribution in [0.1, 0.15) is 5.69 Å². The molecular weight excluding hydrogens is 487 g/mol. The molecule has 0 bridgehead atoms. The molecule has 1 aliphatic heterocycles. The number of oxime groups is 1. The fourth-order valence-corrected chi connectivity index (χ4v) is 4.41. The maximum atomic E-state index is 13.4. The van der Waals surface area contributed by atoms with E-state index in [0.29, 0.717) is 5.69 Å². The molecule has 0 saturated carbocycles. The summed E-state index contributed by atoms with van der Waals surface area (Å²) in [5.41, 5.74) is 5.86. The van der Waals surface area contributed by atoms with E-state index in [1.807, 2.05) is 0 Å². The first-order valence-electron chi connectivity index (χ1n) is 8.53. The maximum absolute atomic E-state index is 13.4. The van der Waals surface area contributed by atoms with Crippen molar-refractivity contribution in [3.8, 4) is 0 Å². The van der Waals surface area contributed by atoms with Gasteiger partial charge in [0.2, 0.25) is 11.7 Å². The summed E-state index contributed by atoms with van der Waals surface area (Å²) in [4.78, 5) is 0. The van der Waals surface area contributed by atoms with E-state index in [0.717, 1.165) is 4.31 Å². The Morgan fingerprint density at radius 3 is 2.77 bits per heavy atom. The molecule has 0 unspecified atom stereocenters. The Labute approximate surface area is 180 Å². The molecule has 1 aromatic carbocycles. The highest BCUT2D eigenvalue weighted by Crippen LogP contribution is 2.25. The van der Waals surface area contributed by atoms with Crippen molar-refractivity contribution in [3.05, 3.63) is 34.2 Å². The highest BCUT2D eigenvalue weighted by atomic mass is 79.9. The van der Waals surface area contributed by atoms with Crippen molar-refractivity contribution in [1.82, 2.24) is 18.9 Å². The number of anilines is 2. The summed E-state index contributed by atoms with van der Waals surface area (Å²) in [6, 6.07) is 4.11. The van der Waals surface area contributed by atoms with E-state index in [9.17, 15) is 18.0 Å². The lowest BCUT2D eigenvalue weighted by Crippen LogP contribution is -2.72. The monoisotopic (exact) mass is 506 g/mol. The highest BCUT2D eigenvalue weighted by molar-refractivity contribution is 9.10. The second-order valence-electron chi connectivity index (χ2n) is 6.94. The van der Waals surface area contributed by atoms with Gasteiger partial charge in [0.05, 0.1) is 10.0 Å². The lowest BCUT2D eigenvalue weighted by molar-refractivity contribution is 0.161. The minimum Gasteiger partial charge on any atom is -0.409 e. The number of hydrogen-bond donors (Lipinski definition) is 4. The third-order valence-electron chi connectivity index (χ3n) is 4.37. The zero-order valence-electron chi connectivity index (χ0n) is 16.0. The van der Waals surface area contributed by atoms with E-state index in [1.165, 1.54) is 36.6 Å².